The fourth-order valence-electron chi connectivity index (χ4n) is 2.30. The minimum Gasteiger partial charge on any atom is -0.493 e. The maximum atomic E-state index is 13.1. The molecule has 0 saturated heterocycles. The first-order valence-electron chi connectivity index (χ1n) is 8.19. The summed E-state index contributed by atoms with van der Waals surface area (Å²) >= 11 is 12.4. The molecule has 142 valence electrons. The van der Waals surface area contributed by atoms with Gasteiger partial charge in [0.15, 0.2) is 11.5 Å². The number of nitrogens with zero attached hydrogens (tertiary/aromatic N) is 1. The van der Waals surface area contributed by atoms with E-state index in [1.54, 1.807) is 19.2 Å². The monoisotopic (exact) mass is 400 g/mol. The highest BCUT2D eigenvalue weighted by molar-refractivity contribution is 6.31. The van der Waals surface area contributed by atoms with Gasteiger partial charge in [-0.25, -0.2) is 4.39 Å². The first-order valence-corrected chi connectivity index (χ1v) is 8.95. The van der Waals surface area contributed by atoms with Crippen LogP contribution in [0.25, 0.3) is 0 Å². The van der Waals surface area contributed by atoms with Crippen molar-refractivity contribution in [1.82, 2.24) is 10.2 Å². The molecule has 0 aliphatic heterocycles. The summed E-state index contributed by atoms with van der Waals surface area (Å²) in [7, 11) is 5.62. The van der Waals surface area contributed by atoms with E-state index < -0.39 is 0 Å². The zero-order chi connectivity index (χ0) is 19.1. The molecule has 0 bridgehead atoms. The number of ether oxygens (including phenoxy) is 2. The molecular weight excluding hydrogens is 378 g/mol. The average molecular weight is 401 g/mol. The van der Waals surface area contributed by atoms with Gasteiger partial charge in [0, 0.05) is 36.3 Å². The van der Waals surface area contributed by atoms with Crippen molar-refractivity contribution >= 4 is 23.2 Å². The lowest BCUT2D eigenvalue weighted by atomic mass is 10.2. The standard InChI is InChI=1S/C19H23Cl2FN2O2/c1-24(2)7-6-23-11-14-8-18(25-3)19(10-17(14)21)26-12-13-4-5-15(22)9-16(13)20/h4-5,8-10,23H,6-7,11-12H2,1-3H3. The molecule has 0 unspecified atom stereocenters. The van der Waals surface area contributed by atoms with Gasteiger partial charge in [0.25, 0.3) is 0 Å². The van der Waals surface area contributed by atoms with Crippen LogP contribution >= 0.6 is 23.2 Å². The van der Waals surface area contributed by atoms with Gasteiger partial charge >= 0.3 is 0 Å². The molecule has 2 aromatic carbocycles. The van der Waals surface area contributed by atoms with Crippen molar-refractivity contribution in [3.63, 3.8) is 0 Å². The fourth-order valence-corrected chi connectivity index (χ4v) is 2.75. The van der Waals surface area contributed by atoms with Crippen LogP contribution in [0, 0.1) is 5.82 Å². The van der Waals surface area contributed by atoms with Gasteiger partial charge in [0.05, 0.1) is 12.1 Å². The maximum absolute atomic E-state index is 13.1. The highest BCUT2D eigenvalue weighted by Crippen LogP contribution is 2.34. The van der Waals surface area contributed by atoms with Crippen LogP contribution in [-0.2, 0) is 13.2 Å². The van der Waals surface area contributed by atoms with Gasteiger partial charge in [-0.2, -0.15) is 0 Å². The third kappa shape index (κ3) is 6.02. The maximum Gasteiger partial charge on any atom is 0.163 e. The third-order valence-corrected chi connectivity index (χ3v) is 4.49. The lowest BCUT2D eigenvalue weighted by molar-refractivity contribution is 0.284. The molecule has 0 spiro atoms. The molecule has 2 rings (SSSR count). The number of hydrogen-bond acceptors (Lipinski definition) is 4. The Kier molecular flexibility index (Phi) is 7.97. The molecule has 4 nitrogen and oxygen atoms in total. The molecule has 0 aliphatic carbocycles. The van der Waals surface area contributed by atoms with Gasteiger partial charge in [-0.3, -0.25) is 0 Å². The van der Waals surface area contributed by atoms with Crippen molar-refractivity contribution in [3.05, 3.63) is 57.3 Å². The Labute approximate surface area is 163 Å². The Bertz CT molecular complexity index is 742. The smallest absolute Gasteiger partial charge is 0.163 e. The Morgan fingerprint density at radius 3 is 2.42 bits per heavy atom. The van der Waals surface area contributed by atoms with Gasteiger partial charge in [0.2, 0.25) is 0 Å². The first-order chi connectivity index (χ1) is 12.4. The summed E-state index contributed by atoms with van der Waals surface area (Å²) < 4.78 is 24.3. The van der Waals surface area contributed by atoms with Crippen molar-refractivity contribution in [3.8, 4) is 11.5 Å². The number of benzene rings is 2. The molecule has 26 heavy (non-hydrogen) atoms. The second-order valence-corrected chi connectivity index (χ2v) is 6.91. The molecule has 0 amide bonds. The van der Waals surface area contributed by atoms with E-state index in [-0.39, 0.29) is 12.4 Å². The second-order valence-electron chi connectivity index (χ2n) is 6.10. The van der Waals surface area contributed by atoms with Crippen LogP contribution in [0.15, 0.2) is 30.3 Å². The molecule has 0 aromatic heterocycles. The fraction of sp³-hybridized carbons (Fsp3) is 0.368. The minimum atomic E-state index is -0.384. The van der Waals surface area contributed by atoms with Crippen molar-refractivity contribution in [2.45, 2.75) is 13.2 Å². The summed E-state index contributed by atoms with van der Waals surface area (Å²) in [6.45, 7) is 2.61. The highest BCUT2D eigenvalue weighted by Gasteiger charge is 2.12. The van der Waals surface area contributed by atoms with E-state index in [1.807, 2.05) is 20.2 Å². The van der Waals surface area contributed by atoms with E-state index in [2.05, 4.69) is 10.2 Å². The SMILES string of the molecule is COc1cc(CNCCN(C)C)c(Cl)cc1OCc1ccc(F)cc1Cl. The Morgan fingerprint density at radius 2 is 1.77 bits per heavy atom. The van der Waals surface area contributed by atoms with E-state index in [4.69, 9.17) is 32.7 Å². The van der Waals surface area contributed by atoms with Crippen LogP contribution in [0.2, 0.25) is 10.0 Å². The van der Waals surface area contributed by atoms with Crippen LogP contribution in [0.4, 0.5) is 4.39 Å². The van der Waals surface area contributed by atoms with E-state index in [0.717, 1.165) is 18.7 Å². The van der Waals surface area contributed by atoms with E-state index >= 15 is 0 Å². The van der Waals surface area contributed by atoms with E-state index in [9.17, 15) is 4.39 Å². The molecule has 0 atom stereocenters. The minimum absolute atomic E-state index is 0.187. The number of likely N-dealkylation sites (N-methyl/N-ethyl adjacent to an activating group) is 1. The molecule has 0 heterocycles. The number of halogens is 3. The van der Waals surface area contributed by atoms with Crippen LogP contribution in [0.3, 0.4) is 0 Å². The molecule has 2 aromatic rings. The van der Waals surface area contributed by atoms with E-state index in [1.165, 1.54) is 12.1 Å². The highest BCUT2D eigenvalue weighted by atomic mass is 35.5. The van der Waals surface area contributed by atoms with Crippen LogP contribution < -0.4 is 14.8 Å². The Balaban J connectivity index is 2.05. The summed E-state index contributed by atoms with van der Waals surface area (Å²) in [6.07, 6.45) is 0. The molecule has 0 aliphatic rings. The summed E-state index contributed by atoms with van der Waals surface area (Å²) in [4.78, 5) is 2.10. The summed E-state index contributed by atoms with van der Waals surface area (Å²) in [6, 6.07) is 7.77. The number of rotatable bonds is 9. The second kappa shape index (κ2) is 9.97. The predicted molar refractivity (Wildman–Crippen MR) is 104 cm³/mol. The zero-order valence-corrected chi connectivity index (χ0v) is 16.6. The van der Waals surface area contributed by atoms with Crippen molar-refractivity contribution in [2.24, 2.45) is 0 Å². The lowest BCUT2D eigenvalue weighted by Gasteiger charge is -2.15. The normalized spacial score (nSPS) is 11.0. The molecule has 7 heteroatoms. The summed E-state index contributed by atoms with van der Waals surface area (Å²) in [5.41, 5.74) is 1.61. The number of methoxy groups -OCH3 is 1. The van der Waals surface area contributed by atoms with Crippen LogP contribution in [0.1, 0.15) is 11.1 Å². The molecule has 0 saturated carbocycles. The molecule has 0 radical (unpaired) electrons. The Hall–Kier alpha value is -1.53. The predicted octanol–water partition coefficient (Wildman–Crippen LogP) is 4.37. The number of hydrogen-bond donors (Lipinski definition) is 1. The summed E-state index contributed by atoms with van der Waals surface area (Å²) in [5.74, 6) is 0.706. The van der Waals surface area contributed by atoms with Gasteiger partial charge < -0.3 is 19.7 Å². The van der Waals surface area contributed by atoms with E-state index in [0.29, 0.717) is 33.7 Å². The Morgan fingerprint density at radius 1 is 1.04 bits per heavy atom. The number of nitrogens with one attached hydrogen (secondary N) is 1. The zero-order valence-electron chi connectivity index (χ0n) is 15.1. The first kappa shape index (κ1) is 20.8. The topological polar surface area (TPSA) is 33.7 Å². The van der Waals surface area contributed by atoms with Crippen LogP contribution in [0.5, 0.6) is 11.5 Å². The van der Waals surface area contributed by atoms with Gasteiger partial charge in [-0.05, 0) is 37.9 Å². The molecular formula is C19H23Cl2FN2O2. The molecule has 0 fully saturated rings. The third-order valence-electron chi connectivity index (χ3n) is 3.78. The largest absolute Gasteiger partial charge is 0.493 e. The summed E-state index contributed by atoms with van der Waals surface area (Å²) in [5, 5.41) is 4.24. The lowest BCUT2D eigenvalue weighted by Crippen LogP contribution is -2.26. The van der Waals surface area contributed by atoms with Crippen molar-refractivity contribution < 1.29 is 13.9 Å². The van der Waals surface area contributed by atoms with Gasteiger partial charge in [-0.1, -0.05) is 29.3 Å². The van der Waals surface area contributed by atoms with Gasteiger partial charge in [-0.15, -0.1) is 0 Å². The quantitative estimate of drug-likeness (QED) is 0.633. The van der Waals surface area contributed by atoms with Crippen molar-refractivity contribution in [2.75, 3.05) is 34.3 Å². The van der Waals surface area contributed by atoms with Crippen LogP contribution in [-0.4, -0.2) is 39.2 Å². The van der Waals surface area contributed by atoms with Gasteiger partial charge in [0.1, 0.15) is 12.4 Å². The average Bonchev–Trinajstić information content (AvgIpc) is 2.59. The molecule has 1 N–H and O–H groups in total. The van der Waals surface area contributed by atoms with Crippen molar-refractivity contribution in [1.29, 1.82) is 0 Å².